The zero-order valence-electron chi connectivity index (χ0n) is 17.3. The number of nitrogens with zero attached hydrogens (tertiary/aromatic N) is 3. The van der Waals surface area contributed by atoms with Gasteiger partial charge in [-0.15, -0.1) is 0 Å². The van der Waals surface area contributed by atoms with Crippen molar-refractivity contribution in [1.82, 2.24) is 10.2 Å². The van der Waals surface area contributed by atoms with Crippen molar-refractivity contribution in [3.8, 4) is 5.75 Å². The maximum Gasteiger partial charge on any atom is 0.123 e. The molecule has 0 N–H and O–H groups in total. The predicted molar refractivity (Wildman–Crippen MR) is 117 cm³/mol. The van der Waals surface area contributed by atoms with Gasteiger partial charge in [-0.25, -0.2) is 0 Å². The lowest BCUT2D eigenvalue weighted by Gasteiger charge is -2.35. The summed E-state index contributed by atoms with van der Waals surface area (Å²) in [5.41, 5.74) is 4.65. The Morgan fingerprint density at radius 2 is 2.00 bits per heavy atom. The Hall–Kier alpha value is -2.66. The Bertz CT molecular complexity index is 946. The first-order valence-corrected chi connectivity index (χ1v) is 10.5. The van der Waals surface area contributed by atoms with Crippen LogP contribution in [0.3, 0.4) is 0 Å². The molecule has 152 valence electrons. The number of rotatable bonds is 7. The van der Waals surface area contributed by atoms with Gasteiger partial charge in [0.1, 0.15) is 12.4 Å². The van der Waals surface area contributed by atoms with Crippen molar-refractivity contribution >= 4 is 16.6 Å². The number of anilines is 1. The summed E-state index contributed by atoms with van der Waals surface area (Å²) in [5.74, 6) is 1.46. The molecular formula is C24H29N3O2. The Morgan fingerprint density at radius 1 is 1.14 bits per heavy atom. The highest BCUT2D eigenvalue weighted by molar-refractivity contribution is 5.92. The van der Waals surface area contributed by atoms with Gasteiger partial charge in [-0.2, -0.15) is 10.2 Å². The zero-order valence-corrected chi connectivity index (χ0v) is 17.3. The molecule has 1 aliphatic heterocycles. The molecule has 29 heavy (non-hydrogen) atoms. The van der Waals surface area contributed by atoms with E-state index in [1.54, 1.807) is 7.11 Å². The highest BCUT2D eigenvalue weighted by atomic mass is 16.5. The van der Waals surface area contributed by atoms with E-state index in [4.69, 9.17) is 9.47 Å². The summed E-state index contributed by atoms with van der Waals surface area (Å²) in [5, 5.41) is 9.83. The van der Waals surface area contributed by atoms with Crippen molar-refractivity contribution in [3.05, 3.63) is 59.8 Å². The highest BCUT2D eigenvalue weighted by Gasteiger charge is 2.23. The van der Waals surface area contributed by atoms with E-state index in [1.165, 1.54) is 18.4 Å². The third-order valence-electron chi connectivity index (χ3n) is 5.76. The van der Waals surface area contributed by atoms with Crippen LogP contribution >= 0.6 is 0 Å². The van der Waals surface area contributed by atoms with Crippen molar-refractivity contribution in [2.75, 3.05) is 38.3 Å². The van der Waals surface area contributed by atoms with E-state index >= 15 is 0 Å². The number of ether oxygens (including phenoxy) is 2. The average Bonchev–Trinajstić information content (AvgIpc) is 2.79. The molecule has 1 unspecified atom stereocenters. The first-order valence-electron chi connectivity index (χ1n) is 10.5. The minimum atomic E-state index is 0.542. The van der Waals surface area contributed by atoms with Crippen LogP contribution in [0.1, 0.15) is 36.8 Å². The van der Waals surface area contributed by atoms with Crippen LogP contribution in [0.5, 0.6) is 5.75 Å². The monoisotopic (exact) mass is 391 g/mol. The lowest BCUT2D eigenvalue weighted by atomic mass is 9.90. The first-order chi connectivity index (χ1) is 14.3. The molecule has 1 aliphatic rings. The van der Waals surface area contributed by atoms with Crippen molar-refractivity contribution < 1.29 is 9.47 Å². The predicted octanol–water partition coefficient (Wildman–Crippen LogP) is 4.60. The number of benzene rings is 2. The van der Waals surface area contributed by atoms with Crippen molar-refractivity contribution in [2.45, 2.75) is 32.1 Å². The number of aryl methyl sites for hydroxylation is 1. The van der Waals surface area contributed by atoms with Gasteiger partial charge in [0.25, 0.3) is 0 Å². The van der Waals surface area contributed by atoms with Gasteiger partial charge in [0.2, 0.25) is 0 Å². The summed E-state index contributed by atoms with van der Waals surface area (Å²) in [7, 11) is 1.69. The summed E-state index contributed by atoms with van der Waals surface area (Å²) in [6.07, 6.45) is 5.19. The molecule has 5 heteroatoms. The molecule has 2 heterocycles. The van der Waals surface area contributed by atoms with Crippen molar-refractivity contribution in [2.24, 2.45) is 0 Å². The van der Waals surface area contributed by atoms with E-state index in [-0.39, 0.29) is 0 Å². The Labute approximate surface area is 172 Å². The van der Waals surface area contributed by atoms with E-state index in [0.717, 1.165) is 47.4 Å². The minimum Gasteiger partial charge on any atom is -0.491 e. The molecule has 1 fully saturated rings. The Kier molecular flexibility index (Phi) is 6.25. The van der Waals surface area contributed by atoms with Gasteiger partial charge in [-0.1, -0.05) is 37.3 Å². The molecule has 3 aromatic rings. The van der Waals surface area contributed by atoms with Crippen LogP contribution in [-0.2, 0) is 11.2 Å². The van der Waals surface area contributed by atoms with Crippen molar-refractivity contribution in [1.29, 1.82) is 0 Å². The Morgan fingerprint density at radius 3 is 2.79 bits per heavy atom. The fourth-order valence-electron chi connectivity index (χ4n) is 4.21. The number of hydrogen-bond acceptors (Lipinski definition) is 5. The first kappa shape index (κ1) is 19.6. The topological polar surface area (TPSA) is 47.5 Å². The maximum absolute atomic E-state index is 6.02. The Balaban J connectivity index is 1.66. The second-order valence-electron chi connectivity index (χ2n) is 7.60. The van der Waals surface area contributed by atoms with Crippen LogP contribution in [0.25, 0.3) is 10.9 Å². The van der Waals surface area contributed by atoms with Crippen LogP contribution in [0.15, 0.2) is 48.7 Å². The zero-order chi connectivity index (χ0) is 20.1. The molecule has 0 spiro atoms. The van der Waals surface area contributed by atoms with E-state index in [2.05, 4.69) is 64.5 Å². The summed E-state index contributed by atoms with van der Waals surface area (Å²) in [6, 6.07) is 15.1. The SMILES string of the molecule is CCc1cc2nncc(N3CCCC(c4ccccc4)C3)c2cc1OCCOC. The number of piperidine rings is 1. The normalized spacial score (nSPS) is 16.9. The van der Waals surface area contributed by atoms with E-state index < -0.39 is 0 Å². The minimum absolute atomic E-state index is 0.542. The number of methoxy groups -OCH3 is 1. The van der Waals surface area contributed by atoms with E-state index in [9.17, 15) is 0 Å². The largest absolute Gasteiger partial charge is 0.491 e. The molecule has 1 atom stereocenters. The molecular weight excluding hydrogens is 362 g/mol. The second kappa shape index (κ2) is 9.23. The van der Waals surface area contributed by atoms with Gasteiger partial charge in [0.15, 0.2) is 0 Å². The molecule has 0 bridgehead atoms. The fourth-order valence-corrected chi connectivity index (χ4v) is 4.21. The van der Waals surface area contributed by atoms with Gasteiger partial charge in [0, 0.05) is 31.5 Å². The van der Waals surface area contributed by atoms with Crippen LogP contribution in [0, 0.1) is 0 Å². The summed E-state index contributed by atoms with van der Waals surface area (Å²) < 4.78 is 11.2. The number of fused-ring (bicyclic) bond motifs is 1. The molecule has 0 saturated carbocycles. The molecule has 5 nitrogen and oxygen atoms in total. The summed E-state index contributed by atoms with van der Waals surface area (Å²) >= 11 is 0. The fraction of sp³-hybridized carbons (Fsp3) is 0.417. The highest BCUT2D eigenvalue weighted by Crippen LogP contribution is 2.35. The molecule has 1 aromatic heterocycles. The number of aromatic nitrogens is 2. The molecule has 0 aliphatic carbocycles. The van der Waals surface area contributed by atoms with Gasteiger partial charge in [0.05, 0.1) is 24.0 Å². The van der Waals surface area contributed by atoms with E-state index in [1.807, 2.05) is 6.20 Å². The summed E-state index contributed by atoms with van der Waals surface area (Å²) in [4.78, 5) is 2.46. The third kappa shape index (κ3) is 4.35. The van der Waals surface area contributed by atoms with Crippen LogP contribution in [-0.4, -0.2) is 43.6 Å². The van der Waals surface area contributed by atoms with Gasteiger partial charge < -0.3 is 14.4 Å². The molecule has 2 aromatic carbocycles. The van der Waals surface area contributed by atoms with Crippen molar-refractivity contribution in [3.63, 3.8) is 0 Å². The van der Waals surface area contributed by atoms with Gasteiger partial charge >= 0.3 is 0 Å². The molecule has 0 amide bonds. The quantitative estimate of drug-likeness (QED) is 0.551. The van der Waals surface area contributed by atoms with Crippen LogP contribution < -0.4 is 9.64 Å². The standard InChI is InChI=1S/C24H29N3O2/c1-3-18-14-22-21(15-24(18)29-13-12-28-2)23(16-25-26-22)27-11-7-10-20(17-27)19-8-5-4-6-9-19/h4-6,8-9,14-16,20H,3,7,10-13,17H2,1-2H3. The summed E-state index contributed by atoms with van der Waals surface area (Å²) in [6.45, 7) is 5.30. The van der Waals surface area contributed by atoms with Crippen LogP contribution in [0.4, 0.5) is 5.69 Å². The smallest absolute Gasteiger partial charge is 0.123 e. The number of hydrogen-bond donors (Lipinski definition) is 0. The van der Waals surface area contributed by atoms with E-state index in [0.29, 0.717) is 19.1 Å². The molecule has 1 saturated heterocycles. The lowest BCUT2D eigenvalue weighted by molar-refractivity contribution is 0.146. The third-order valence-corrected chi connectivity index (χ3v) is 5.76. The van der Waals surface area contributed by atoms with Gasteiger partial charge in [-0.3, -0.25) is 0 Å². The van der Waals surface area contributed by atoms with Crippen LogP contribution in [0.2, 0.25) is 0 Å². The molecule has 0 radical (unpaired) electrons. The van der Waals surface area contributed by atoms with Gasteiger partial charge in [-0.05, 0) is 42.5 Å². The second-order valence-corrected chi connectivity index (χ2v) is 7.60. The molecule has 4 rings (SSSR count). The average molecular weight is 392 g/mol. The lowest BCUT2D eigenvalue weighted by Crippen LogP contribution is -2.34. The maximum atomic E-state index is 6.02.